The third-order valence-corrected chi connectivity index (χ3v) is 8.84. The van der Waals surface area contributed by atoms with Crippen LogP contribution in [0.1, 0.15) is 70.2 Å². The van der Waals surface area contributed by atoms with Crippen LogP contribution in [0.3, 0.4) is 0 Å². The Labute approximate surface area is 240 Å². The molecule has 2 N–H and O–H groups in total. The predicted molar refractivity (Wildman–Crippen MR) is 154 cm³/mol. The maximum Gasteiger partial charge on any atom is 0.287 e. The van der Waals surface area contributed by atoms with Crippen molar-refractivity contribution >= 4 is 11.8 Å². The second kappa shape index (κ2) is 11.5. The molecule has 216 valence electrons. The minimum absolute atomic E-state index is 0.148. The maximum atomic E-state index is 14.0. The van der Waals surface area contributed by atoms with Crippen LogP contribution in [0.15, 0.2) is 48.5 Å². The van der Waals surface area contributed by atoms with E-state index in [-0.39, 0.29) is 11.6 Å². The molecule has 2 amide bonds. The lowest BCUT2D eigenvalue weighted by molar-refractivity contribution is -0.0469. The van der Waals surface area contributed by atoms with Gasteiger partial charge in [-0.1, -0.05) is 24.6 Å². The Balaban J connectivity index is 1.20. The number of methoxy groups -OCH3 is 2. The standard InChI is InChI=1S/C31H38N6O4/c1-40-23-12-10-22(11-13-23)37-29-25(28(33-37)30(32)38)16-20-36(31(29)39)34-18-14-21(15-19-34)35-17-6-5-8-26(35)24-7-3-4-9-27(24)41-2/h3-4,7,9-13,21,26H,5-6,8,14-20H2,1-2H3,(H2,32,38). The number of nitrogens with zero attached hydrogens (tertiary/aromatic N) is 5. The van der Waals surface area contributed by atoms with Gasteiger partial charge in [0.25, 0.3) is 11.8 Å². The number of para-hydroxylation sites is 1. The molecule has 2 saturated heterocycles. The van der Waals surface area contributed by atoms with Gasteiger partial charge in [-0.05, 0) is 69.0 Å². The van der Waals surface area contributed by atoms with E-state index in [1.807, 2.05) is 35.3 Å². The summed E-state index contributed by atoms with van der Waals surface area (Å²) in [6.45, 7) is 3.16. The number of hydrogen-bond donors (Lipinski definition) is 1. The molecule has 2 fully saturated rings. The lowest BCUT2D eigenvalue weighted by Gasteiger charge is -2.47. The number of carbonyl (C=O) groups is 2. The highest BCUT2D eigenvalue weighted by Crippen LogP contribution is 2.39. The zero-order valence-corrected chi connectivity index (χ0v) is 23.8. The van der Waals surface area contributed by atoms with E-state index in [4.69, 9.17) is 15.2 Å². The van der Waals surface area contributed by atoms with E-state index in [1.54, 1.807) is 18.9 Å². The molecule has 0 aliphatic carbocycles. The normalized spacial score (nSPS) is 20.6. The fourth-order valence-electron chi connectivity index (χ4n) is 6.82. The number of likely N-dealkylation sites (tertiary alicyclic amines) is 1. The van der Waals surface area contributed by atoms with Crippen molar-refractivity contribution in [1.82, 2.24) is 24.7 Å². The Kier molecular flexibility index (Phi) is 7.68. The van der Waals surface area contributed by atoms with Gasteiger partial charge in [0.05, 0.1) is 19.9 Å². The summed E-state index contributed by atoms with van der Waals surface area (Å²) in [5.41, 5.74) is 8.81. The molecule has 3 aliphatic heterocycles. The van der Waals surface area contributed by atoms with Crippen molar-refractivity contribution in [3.63, 3.8) is 0 Å². The summed E-state index contributed by atoms with van der Waals surface area (Å²) < 4.78 is 12.6. The minimum atomic E-state index is -0.623. The summed E-state index contributed by atoms with van der Waals surface area (Å²) in [7, 11) is 3.35. The summed E-state index contributed by atoms with van der Waals surface area (Å²) in [5.74, 6) is 0.884. The van der Waals surface area contributed by atoms with Crippen LogP contribution >= 0.6 is 0 Å². The Morgan fingerprint density at radius 1 is 0.927 bits per heavy atom. The van der Waals surface area contributed by atoms with Crippen molar-refractivity contribution in [2.75, 3.05) is 40.4 Å². The van der Waals surface area contributed by atoms with Gasteiger partial charge in [-0.2, -0.15) is 5.10 Å². The molecular weight excluding hydrogens is 520 g/mol. The largest absolute Gasteiger partial charge is 0.497 e. The molecule has 1 aromatic heterocycles. The molecule has 1 unspecified atom stereocenters. The van der Waals surface area contributed by atoms with E-state index in [9.17, 15) is 9.59 Å². The van der Waals surface area contributed by atoms with E-state index in [0.717, 1.165) is 44.6 Å². The topological polar surface area (TPSA) is 106 Å². The molecule has 2 aromatic carbocycles. The summed E-state index contributed by atoms with van der Waals surface area (Å²) in [4.78, 5) is 28.9. The van der Waals surface area contributed by atoms with Crippen molar-refractivity contribution in [3.8, 4) is 17.2 Å². The zero-order chi connectivity index (χ0) is 28.5. The summed E-state index contributed by atoms with van der Waals surface area (Å²) in [6, 6.07) is 16.5. The lowest BCUT2D eigenvalue weighted by Crippen LogP contribution is -2.56. The Morgan fingerprint density at radius 3 is 2.39 bits per heavy atom. The van der Waals surface area contributed by atoms with E-state index in [2.05, 4.69) is 33.2 Å². The summed E-state index contributed by atoms with van der Waals surface area (Å²) in [6.07, 6.45) is 6.04. The van der Waals surface area contributed by atoms with Gasteiger partial charge < -0.3 is 15.2 Å². The highest BCUT2D eigenvalue weighted by Gasteiger charge is 2.39. The van der Waals surface area contributed by atoms with Crippen LogP contribution in [-0.2, 0) is 6.42 Å². The van der Waals surface area contributed by atoms with Crippen LogP contribution in [0.5, 0.6) is 11.5 Å². The number of benzene rings is 2. The quantitative estimate of drug-likeness (QED) is 0.472. The van der Waals surface area contributed by atoms with Crippen LogP contribution in [0.4, 0.5) is 0 Å². The first kappa shape index (κ1) is 27.3. The van der Waals surface area contributed by atoms with Gasteiger partial charge in [0, 0.05) is 42.8 Å². The van der Waals surface area contributed by atoms with Gasteiger partial charge in [0.2, 0.25) is 0 Å². The fourth-order valence-corrected chi connectivity index (χ4v) is 6.82. The molecule has 3 aliphatic rings. The van der Waals surface area contributed by atoms with Crippen molar-refractivity contribution in [1.29, 1.82) is 0 Å². The lowest BCUT2D eigenvalue weighted by atomic mass is 9.90. The van der Waals surface area contributed by atoms with Crippen molar-refractivity contribution < 1.29 is 19.1 Å². The molecular formula is C31H38N6O4. The van der Waals surface area contributed by atoms with Crippen LogP contribution < -0.4 is 15.2 Å². The van der Waals surface area contributed by atoms with E-state index >= 15 is 0 Å². The summed E-state index contributed by atoms with van der Waals surface area (Å²) >= 11 is 0. The molecule has 0 spiro atoms. The smallest absolute Gasteiger partial charge is 0.287 e. The SMILES string of the molecule is COc1ccc(-n2nc(C(N)=O)c3c2C(=O)N(N2CCC(N4CCCCC4c4ccccc4OC)CC2)CC3)cc1. The molecule has 6 rings (SSSR count). The highest BCUT2D eigenvalue weighted by atomic mass is 16.5. The number of hydrogen-bond acceptors (Lipinski definition) is 7. The molecule has 0 bridgehead atoms. The average molecular weight is 559 g/mol. The number of carbonyl (C=O) groups excluding carboxylic acids is 2. The molecule has 0 radical (unpaired) electrons. The molecule has 41 heavy (non-hydrogen) atoms. The number of aromatic nitrogens is 2. The van der Waals surface area contributed by atoms with Gasteiger partial charge in [0.1, 0.15) is 17.2 Å². The highest BCUT2D eigenvalue weighted by molar-refractivity contribution is 6.01. The second-order valence-corrected chi connectivity index (χ2v) is 11.0. The second-order valence-electron chi connectivity index (χ2n) is 11.0. The fraction of sp³-hybridized carbons (Fsp3) is 0.452. The van der Waals surface area contributed by atoms with Crippen molar-refractivity contribution in [2.45, 2.75) is 50.6 Å². The minimum Gasteiger partial charge on any atom is -0.497 e. The first-order valence-corrected chi connectivity index (χ1v) is 14.5. The molecule has 10 nitrogen and oxygen atoms in total. The van der Waals surface area contributed by atoms with Gasteiger partial charge in [0.15, 0.2) is 5.69 Å². The van der Waals surface area contributed by atoms with Crippen molar-refractivity contribution in [3.05, 3.63) is 71.0 Å². The van der Waals surface area contributed by atoms with E-state index in [1.165, 1.54) is 18.4 Å². The molecule has 0 saturated carbocycles. The predicted octanol–water partition coefficient (Wildman–Crippen LogP) is 3.59. The zero-order valence-electron chi connectivity index (χ0n) is 23.8. The van der Waals surface area contributed by atoms with Crippen LogP contribution in [0, 0.1) is 0 Å². The molecule has 10 heteroatoms. The molecule has 4 heterocycles. The third-order valence-electron chi connectivity index (χ3n) is 8.84. The van der Waals surface area contributed by atoms with Crippen molar-refractivity contribution in [2.24, 2.45) is 5.73 Å². The molecule has 3 aromatic rings. The molecule has 1 atom stereocenters. The number of hydrazine groups is 1. The summed E-state index contributed by atoms with van der Waals surface area (Å²) in [5, 5.41) is 8.52. The number of rotatable bonds is 7. The monoisotopic (exact) mass is 558 g/mol. The average Bonchev–Trinajstić information content (AvgIpc) is 3.42. The number of amides is 2. The maximum absolute atomic E-state index is 14.0. The van der Waals surface area contributed by atoms with Crippen LogP contribution in [0.2, 0.25) is 0 Å². The van der Waals surface area contributed by atoms with Crippen LogP contribution in [0.25, 0.3) is 5.69 Å². The van der Waals surface area contributed by atoms with Gasteiger partial charge >= 0.3 is 0 Å². The number of primary amides is 1. The first-order chi connectivity index (χ1) is 20.0. The van der Waals surface area contributed by atoms with Gasteiger partial charge in [-0.15, -0.1) is 0 Å². The van der Waals surface area contributed by atoms with Gasteiger partial charge in [-0.25, -0.2) is 9.69 Å². The van der Waals surface area contributed by atoms with E-state index in [0.29, 0.717) is 47.7 Å². The Hall–Kier alpha value is -3.89. The third kappa shape index (κ3) is 5.06. The Morgan fingerprint density at radius 2 is 1.68 bits per heavy atom. The Bertz CT molecular complexity index is 1410. The van der Waals surface area contributed by atoms with Crippen LogP contribution in [-0.4, -0.2) is 83.0 Å². The number of nitrogens with two attached hydrogens (primary N) is 1. The first-order valence-electron chi connectivity index (χ1n) is 14.5. The van der Waals surface area contributed by atoms with E-state index < -0.39 is 5.91 Å². The number of piperidine rings is 2. The van der Waals surface area contributed by atoms with Gasteiger partial charge in [-0.3, -0.25) is 19.5 Å². The number of ether oxygens (including phenoxy) is 2. The number of fused-ring (bicyclic) bond motifs is 1.